The highest BCUT2D eigenvalue weighted by Gasteiger charge is 2.30. The fourth-order valence-corrected chi connectivity index (χ4v) is 3.28. The van der Waals surface area contributed by atoms with Crippen molar-refractivity contribution in [3.63, 3.8) is 0 Å². The molecule has 4 rings (SSSR count). The Morgan fingerprint density at radius 2 is 1.79 bits per heavy atom. The second kappa shape index (κ2) is 8.41. The molecule has 0 saturated heterocycles. The first-order valence-electron chi connectivity index (χ1n) is 9.73. The predicted molar refractivity (Wildman–Crippen MR) is 117 cm³/mol. The van der Waals surface area contributed by atoms with Gasteiger partial charge in [0, 0.05) is 17.1 Å². The molecule has 0 atom stereocenters. The third-order valence-electron chi connectivity index (χ3n) is 5.02. The van der Waals surface area contributed by atoms with Gasteiger partial charge in [0.2, 0.25) is 0 Å². The molecular weight excluding hydrogens is 440 g/mol. The Balaban J connectivity index is 1.48. The highest BCUT2D eigenvalue weighted by atomic mass is 19.4. The second-order valence-electron chi connectivity index (χ2n) is 7.30. The van der Waals surface area contributed by atoms with E-state index in [-0.39, 0.29) is 11.4 Å². The van der Waals surface area contributed by atoms with E-state index in [0.717, 1.165) is 34.8 Å². The first-order chi connectivity index (χ1) is 15.6. The fourth-order valence-electron chi connectivity index (χ4n) is 3.28. The topological polar surface area (TPSA) is 94.7 Å². The number of rotatable bonds is 4. The third kappa shape index (κ3) is 4.71. The number of halogens is 4. The maximum atomic E-state index is 14.6. The number of aryl methyl sites for hydroxylation is 2. The average molecular weight is 458 g/mol. The lowest BCUT2D eigenvalue weighted by Crippen LogP contribution is -2.20. The Morgan fingerprint density at radius 1 is 1.00 bits per heavy atom. The maximum absolute atomic E-state index is 14.6. The number of carbonyl (C=O) groups is 1. The molecule has 2 heterocycles. The number of hydrogen-bond donors (Lipinski definition) is 4. The van der Waals surface area contributed by atoms with Crippen LogP contribution in [0.5, 0.6) is 0 Å². The molecule has 0 unspecified atom stereocenters. The van der Waals surface area contributed by atoms with Gasteiger partial charge in [-0.25, -0.2) is 19.2 Å². The van der Waals surface area contributed by atoms with Crippen molar-refractivity contribution in [2.75, 3.05) is 16.0 Å². The minimum atomic E-state index is -4.55. The number of anilines is 4. The number of amides is 2. The van der Waals surface area contributed by atoms with Gasteiger partial charge < -0.3 is 20.9 Å². The summed E-state index contributed by atoms with van der Waals surface area (Å²) in [6.07, 6.45) is -3.17. The number of benzene rings is 2. The minimum Gasteiger partial charge on any atom is -0.343 e. The van der Waals surface area contributed by atoms with Gasteiger partial charge in [-0.3, -0.25) is 0 Å². The Kier molecular flexibility index (Phi) is 5.62. The lowest BCUT2D eigenvalue weighted by molar-refractivity contribution is -0.137. The van der Waals surface area contributed by atoms with E-state index in [1.165, 1.54) is 30.6 Å². The highest BCUT2D eigenvalue weighted by Crippen LogP contribution is 2.31. The number of H-pyrrole nitrogens is 1. The number of fused-ring (bicyclic) bond motifs is 1. The summed E-state index contributed by atoms with van der Waals surface area (Å²) in [5.74, 6) is -0.254. The van der Waals surface area contributed by atoms with Gasteiger partial charge in [0.05, 0.1) is 16.6 Å². The van der Waals surface area contributed by atoms with Crippen LogP contribution >= 0.6 is 0 Å². The zero-order chi connectivity index (χ0) is 23.8. The van der Waals surface area contributed by atoms with E-state index in [1.54, 1.807) is 0 Å². The lowest BCUT2D eigenvalue weighted by Gasteiger charge is -2.12. The normalized spacial score (nSPS) is 11.5. The molecule has 170 valence electrons. The van der Waals surface area contributed by atoms with Crippen LogP contribution in [0.25, 0.3) is 11.0 Å². The number of carbonyl (C=O) groups excluding carboxylic acids is 1. The van der Waals surface area contributed by atoms with Gasteiger partial charge in [0.15, 0.2) is 0 Å². The molecule has 0 saturated carbocycles. The summed E-state index contributed by atoms with van der Waals surface area (Å²) in [5.41, 5.74) is 1.79. The van der Waals surface area contributed by atoms with Crippen molar-refractivity contribution < 1.29 is 22.4 Å². The van der Waals surface area contributed by atoms with Crippen LogP contribution in [0.3, 0.4) is 0 Å². The van der Waals surface area contributed by atoms with Crippen molar-refractivity contribution >= 4 is 39.9 Å². The number of aromatic nitrogens is 3. The summed E-state index contributed by atoms with van der Waals surface area (Å²) in [6, 6.07) is 7.28. The number of aromatic amines is 1. The highest BCUT2D eigenvalue weighted by molar-refractivity contribution is 6.00. The van der Waals surface area contributed by atoms with Crippen molar-refractivity contribution in [1.29, 1.82) is 0 Å². The summed E-state index contributed by atoms with van der Waals surface area (Å²) in [4.78, 5) is 23.7. The SMILES string of the molecule is Cc1[nH]c2ncnc(Nc3ccc(NC(=O)Nc4cccc(C(F)(F)F)c4)c(F)c3)c2c1C. The number of alkyl halides is 3. The number of nitrogens with zero attached hydrogens (tertiary/aromatic N) is 2. The molecule has 11 heteroatoms. The van der Waals surface area contributed by atoms with Gasteiger partial charge >= 0.3 is 12.2 Å². The smallest absolute Gasteiger partial charge is 0.343 e. The lowest BCUT2D eigenvalue weighted by atomic mass is 10.2. The number of nitrogens with one attached hydrogen (secondary N) is 4. The summed E-state index contributed by atoms with van der Waals surface area (Å²) < 4.78 is 53.0. The molecule has 2 aromatic heterocycles. The minimum absolute atomic E-state index is 0.0778. The fraction of sp³-hybridized carbons (Fsp3) is 0.136. The molecule has 0 spiro atoms. The summed E-state index contributed by atoms with van der Waals surface area (Å²) in [5, 5.41) is 8.36. The van der Waals surface area contributed by atoms with Crippen LogP contribution < -0.4 is 16.0 Å². The number of urea groups is 1. The predicted octanol–water partition coefficient (Wildman–Crippen LogP) is 6.12. The average Bonchev–Trinajstić information content (AvgIpc) is 3.04. The molecule has 0 aliphatic rings. The Hall–Kier alpha value is -4.15. The molecule has 0 radical (unpaired) electrons. The first kappa shape index (κ1) is 22.1. The van der Waals surface area contributed by atoms with Gasteiger partial charge in [-0.15, -0.1) is 0 Å². The van der Waals surface area contributed by atoms with Crippen LogP contribution in [0.15, 0.2) is 48.8 Å². The molecule has 4 aromatic rings. The van der Waals surface area contributed by atoms with Crippen molar-refractivity contribution in [1.82, 2.24) is 15.0 Å². The van der Waals surface area contributed by atoms with Crippen LogP contribution in [0, 0.1) is 19.7 Å². The molecule has 0 aliphatic heterocycles. The van der Waals surface area contributed by atoms with Gasteiger partial charge in [0.25, 0.3) is 0 Å². The van der Waals surface area contributed by atoms with Gasteiger partial charge in [-0.2, -0.15) is 13.2 Å². The van der Waals surface area contributed by atoms with E-state index in [9.17, 15) is 22.4 Å². The van der Waals surface area contributed by atoms with E-state index in [0.29, 0.717) is 17.2 Å². The zero-order valence-electron chi connectivity index (χ0n) is 17.4. The monoisotopic (exact) mass is 458 g/mol. The van der Waals surface area contributed by atoms with Crippen molar-refractivity contribution in [2.24, 2.45) is 0 Å². The van der Waals surface area contributed by atoms with Crippen molar-refractivity contribution in [3.05, 3.63) is 71.4 Å². The van der Waals surface area contributed by atoms with Crippen LogP contribution in [0.2, 0.25) is 0 Å². The van der Waals surface area contributed by atoms with E-state index in [1.807, 2.05) is 13.8 Å². The quantitative estimate of drug-likeness (QED) is 0.277. The molecule has 2 amide bonds. The molecule has 0 bridgehead atoms. The van der Waals surface area contributed by atoms with Crippen LogP contribution in [0.1, 0.15) is 16.8 Å². The van der Waals surface area contributed by atoms with Gasteiger partial charge in [-0.05, 0) is 55.8 Å². The standard InChI is InChI=1S/C22H18F4N6O/c1-11-12(2)29-19-18(11)20(28-10-27-19)30-15-6-7-17(16(23)9-15)32-21(33)31-14-5-3-4-13(8-14)22(24,25)26/h3-10H,1-2H3,(H2,31,32,33)(H2,27,28,29,30). The number of hydrogen-bond acceptors (Lipinski definition) is 4. The molecule has 7 nitrogen and oxygen atoms in total. The Bertz CT molecular complexity index is 1350. The van der Waals surface area contributed by atoms with E-state index in [2.05, 4.69) is 30.9 Å². The summed E-state index contributed by atoms with van der Waals surface area (Å²) in [7, 11) is 0. The molecule has 0 aliphatic carbocycles. The molecule has 2 aromatic carbocycles. The van der Waals surface area contributed by atoms with Crippen LogP contribution in [0.4, 0.5) is 45.2 Å². The van der Waals surface area contributed by atoms with E-state index in [4.69, 9.17) is 0 Å². The van der Waals surface area contributed by atoms with Gasteiger partial charge in [-0.1, -0.05) is 6.07 Å². The van der Waals surface area contributed by atoms with Crippen molar-refractivity contribution in [3.8, 4) is 0 Å². The largest absolute Gasteiger partial charge is 0.416 e. The van der Waals surface area contributed by atoms with E-state index >= 15 is 0 Å². The van der Waals surface area contributed by atoms with Crippen molar-refractivity contribution in [2.45, 2.75) is 20.0 Å². The molecule has 4 N–H and O–H groups in total. The van der Waals surface area contributed by atoms with Gasteiger partial charge in [0.1, 0.15) is 23.6 Å². The summed E-state index contributed by atoms with van der Waals surface area (Å²) >= 11 is 0. The van der Waals surface area contributed by atoms with Crippen LogP contribution in [-0.2, 0) is 6.18 Å². The summed E-state index contributed by atoms with van der Waals surface area (Å²) in [6.45, 7) is 3.82. The van der Waals surface area contributed by atoms with Crippen LogP contribution in [-0.4, -0.2) is 21.0 Å². The van der Waals surface area contributed by atoms with E-state index < -0.39 is 23.6 Å². The Morgan fingerprint density at radius 3 is 2.52 bits per heavy atom. The molecule has 0 fully saturated rings. The second-order valence-corrected chi connectivity index (χ2v) is 7.30. The zero-order valence-corrected chi connectivity index (χ0v) is 17.4. The first-order valence-corrected chi connectivity index (χ1v) is 9.73. The Labute approximate surface area is 185 Å². The maximum Gasteiger partial charge on any atom is 0.416 e. The molecule has 33 heavy (non-hydrogen) atoms. The third-order valence-corrected chi connectivity index (χ3v) is 5.02. The molecular formula is C22H18F4N6O.